The molecule has 0 atom stereocenters. The summed E-state index contributed by atoms with van der Waals surface area (Å²) in [5, 5.41) is 11.1. The number of carbonyl (C=O) groups excluding carboxylic acids is 1. The lowest BCUT2D eigenvalue weighted by Gasteiger charge is -2.22. The third kappa shape index (κ3) is 6.47. The van der Waals surface area contributed by atoms with E-state index in [0.29, 0.717) is 17.9 Å². The Labute approximate surface area is 170 Å². The molecular formula is C21H31F2N3O3. The smallest absolute Gasteiger partial charge is 0.278 e. The van der Waals surface area contributed by atoms with Crippen LogP contribution in [0.25, 0.3) is 5.65 Å². The minimum absolute atomic E-state index is 0.116. The van der Waals surface area contributed by atoms with E-state index in [0.717, 1.165) is 38.5 Å². The molecule has 0 unspecified atom stereocenters. The Hall–Kier alpha value is -2.06. The summed E-state index contributed by atoms with van der Waals surface area (Å²) in [6, 6.07) is 3.00. The molecule has 2 heterocycles. The van der Waals surface area contributed by atoms with Gasteiger partial charge in [0.05, 0.1) is 23.6 Å². The Kier molecular flexibility index (Phi) is 9.47. The Morgan fingerprint density at radius 1 is 1.38 bits per heavy atom. The van der Waals surface area contributed by atoms with Crippen LogP contribution in [0.3, 0.4) is 0 Å². The molecule has 162 valence electrons. The average molecular weight is 411 g/mol. The quantitative estimate of drug-likeness (QED) is 0.714. The Morgan fingerprint density at radius 2 is 2.10 bits per heavy atom. The van der Waals surface area contributed by atoms with Crippen molar-refractivity contribution < 1.29 is 23.4 Å². The second-order valence-electron chi connectivity index (χ2n) is 7.21. The number of carbonyl (C=O) groups is 1. The molecule has 8 heteroatoms. The number of aliphatic hydroxyl groups is 1. The van der Waals surface area contributed by atoms with Crippen LogP contribution in [0.2, 0.25) is 0 Å². The summed E-state index contributed by atoms with van der Waals surface area (Å²) in [4.78, 5) is 16.9. The minimum Gasteiger partial charge on any atom is -0.396 e. The maximum Gasteiger partial charge on any atom is 0.278 e. The van der Waals surface area contributed by atoms with Crippen molar-refractivity contribution in [3.05, 3.63) is 35.3 Å². The highest BCUT2D eigenvalue weighted by Crippen LogP contribution is 2.24. The molecule has 0 radical (unpaired) electrons. The molecule has 29 heavy (non-hydrogen) atoms. The van der Waals surface area contributed by atoms with E-state index < -0.39 is 6.43 Å². The second kappa shape index (κ2) is 11.8. The molecule has 0 aromatic carbocycles. The zero-order chi connectivity index (χ0) is 21.2. The van der Waals surface area contributed by atoms with Crippen LogP contribution in [0, 0.1) is 0 Å². The van der Waals surface area contributed by atoms with Gasteiger partial charge in [-0.05, 0) is 31.4 Å². The van der Waals surface area contributed by atoms with E-state index in [-0.39, 0.29) is 29.9 Å². The number of aliphatic hydroxyl groups excluding tert-OH is 1. The fraction of sp³-hybridized carbons (Fsp3) is 0.619. The van der Waals surface area contributed by atoms with Gasteiger partial charge in [-0.15, -0.1) is 0 Å². The highest BCUT2D eigenvalue weighted by molar-refractivity contribution is 6.00. The summed E-state index contributed by atoms with van der Waals surface area (Å²) in [5.74, 6) is -0.258. The number of methoxy groups -OCH3 is 1. The fourth-order valence-electron chi connectivity index (χ4n) is 3.39. The third-order valence-electron chi connectivity index (χ3n) is 4.91. The lowest BCUT2D eigenvalue weighted by molar-refractivity contribution is 0.0929. The van der Waals surface area contributed by atoms with Crippen LogP contribution < -0.4 is 5.32 Å². The molecule has 0 saturated heterocycles. The standard InChI is InChI=1S/C17H21F2N3O2.C4H10O/c1-24-10-12-9-14(15(18)19)22-8-7-13(16(22)20-12)17(23)21-11-5-3-2-4-6-11;1-2-3-4-5/h7-9,11,15H,2-6,10H2,1H3,(H,21,23);5H,2-4H2,1H3. The molecule has 1 saturated carbocycles. The van der Waals surface area contributed by atoms with Gasteiger partial charge in [0, 0.05) is 26.0 Å². The summed E-state index contributed by atoms with van der Waals surface area (Å²) in [7, 11) is 1.47. The van der Waals surface area contributed by atoms with Gasteiger partial charge in [0.25, 0.3) is 12.3 Å². The van der Waals surface area contributed by atoms with Gasteiger partial charge in [-0.25, -0.2) is 13.8 Å². The normalized spacial score (nSPS) is 14.7. The first-order valence-corrected chi connectivity index (χ1v) is 10.2. The molecule has 0 aliphatic heterocycles. The SMILES string of the molecule is CCCCO.COCc1cc(C(F)F)n2ccc(C(=O)NC3CCCCC3)c2n1. The molecular weight excluding hydrogens is 380 g/mol. The number of alkyl halides is 2. The van der Waals surface area contributed by atoms with Crippen molar-refractivity contribution >= 4 is 11.6 Å². The number of amides is 1. The fourth-order valence-corrected chi connectivity index (χ4v) is 3.39. The summed E-state index contributed by atoms with van der Waals surface area (Å²) in [5.41, 5.74) is 0.753. The lowest BCUT2D eigenvalue weighted by Crippen LogP contribution is -2.36. The number of fused-ring (bicyclic) bond motifs is 1. The van der Waals surface area contributed by atoms with Gasteiger partial charge in [-0.2, -0.15) is 0 Å². The number of aromatic nitrogens is 2. The van der Waals surface area contributed by atoms with E-state index in [9.17, 15) is 13.6 Å². The number of hydrogen-bond donors (Lipinski definition) is 2. The van der Waals surface area contributed by atoms with Crippen molar-refractivity contribution in [2.45, 2.75) is 70.9 Å². The van der Waals surface area contributed by atoms with Gasteiger partial charge >= 0.3 is 0 Å². The van der Waals surface area contributed by atoms with Crippen LogP contribution in [0.1, 0.15) is 80.0 Å². The van der Waals surface area contributed by atoms with Gasteiger partial charge in [-0.1, -0.05) is 32.6 Å². The van der Waals surface area contributed by atoms with Crippen LogP contribution >= 0.6 is 0 Å². The predicted octanol–water partition coefficient (Wildman–Crippen LogP) is 4.26. The van der Waals surface area contributed by atoms with E-state index in [2.05, 4.69) is 17.2 Å². The molecule has 0 bridgehead atoms. The van der Waals surface area contributed by atoms with Crippen LogP contribution in [0.5, 0.6) is 0 Å². The van der Waals surface area contributed by atoms with Crippen LogP contribution in [-0.2, 0) is 11.3 Å². The van der Waals surface area contributed by atoms with Crippen molar-refractivity contribution in [3.8, 4) is 0 Å². The highest BCUT2D eigenvalue weighted by atomic mass is 19.3. The first-order chi connectivity index (χ1) is 14.0. The number of hydrogen-bond acceptors (Lipinski definition) is 4. The minimum atomic E-state index is -2.66. The van der Waals surface area contributed by atoms with Gasteiger partial charge < -0.3 is 15.2 Å². The van der Waals surface area contributed by atoms with Crippen LogP contribution in [-0.4, -0.2) is 40.2 Å². The zero-order valence-corrected chi connectivity index (χ0v) is 17.2. The van der Waals surface area contributed by atoms with Gasteiger partial charge in [0.2, 0.25) is 0 Å². The van der Waals surface area contributed by atoms with E-state index in [1.54, 1.807) is 6.07 Å². The van der Waals surface area contributed by atoms with Crippen molar-refractivity contribution in [2.75, 3.05) is 13.7 Å². The highest BCUT2D eigenvalue weighted by Gasteiger charge is 2.22. The molecule has 1 fully saturated rings. The van der Waals surface area contributed by atoms with Crippen molar-refractivity contribution in [3.63, 3.8) is 0 Å². The Bertz CT molecular complexity index is 772. The van der Waals surface area contributed by atoms with E-state index >= 15 is 0 Å². The van der Waals surface area contributed by atoms with E-state index in [1.807, 2.05) is 0 Å². The first kappa shape index (κ1) is 23.2. The molecule has 1 aliphatic carbocycles. The summed E-state index contributed by atoms with van der Waals surface area (Å²) < 4.78 is 32.9. The maximum atomic E-state index is 13.3. The molecule has 1 aliphatic rings. The van der Waals surface area contributed by atoms with Gasteiger partial charge in [-0.3, -0.25) is 9.20 Å². The number of nitrogens with zero attached hydrogens (tertiary/aromatic N) is 2. The Morgan fingerprint density at radius 3 is 2.66 bits per heavy atom. The zero-order valence-electron chi connectivity index (χ0n) is 17.2. The molecule has 2 N–H and O–H groups in total. The van der Waals surface area contributed by atoms with E-state index in [4.69, 9.17) is 9.84 Å². The average Bonchev–Trinajstić information content (AvgIpc) is 3.13. The molecule has 3 rings (SSSR count). The van der Waals surface area contributed by atoms with Crippen molar-refractivity contribution in [2.24, 2.45) is 0 Å². The van der Waals surface area contributed by atoms with E-state index in [1.165, 1.54) is 30.2 Å². The first-order valence-electron chi connectivity index (χ1n) is 10.2. The van der Waals surface area contributed by atoms with Crippen molar-refractivity contribution in [1.29, 1.82) is 0 Å². The third-order valence-corrected chi connectivity index (χ3v) is 4.91. The summed E-state index contributed by atoms with van der Waals surface area (Å²) in [6.45, 7) is 2.51. The maximum absolute atomic E-state index is 13.3. The lowest BCUT2D eigenvalue weighted by atomic mass is 9.95. The van der Waals surface area contributed by atoms with Crippen molar-refractivity contribution in [1.82, 2.24) is 14.7 Å². The topological polar surface area (TPSA) is 75.9 Å². The number of unbranched alkanes of at least 4 members (excludes halogenated alkanes) is 1. The number of halogens is 2. The molecule has 2 aromatic heterocycles. The number of ether oxygens (including phenoxy) is 1. The molecule has 1 amide bonds. The molecule has 2 aromatic rings. The van der Waals surface area contributed by atoms with Gasteiger partial charge in [0.15, 0.2) is 0 Å². The largest absolute Gasteiger partial charge is 0.396 e. The van der Waals surface area contributed by atoms with Crippen LogP contribution in [0.4, 0.5) is 8.78 Å². The Balaban J connectivity index is 0.000000537. The summed E-state index contributed by atoms with van der Waals surface area (Å²) >= 11 is 0. The number of nitrogens with one attached hydrogen (secondary N) is 1. The predicted molar refractivity (Wildman–Crippen MR) is 107 cm³/mol. The monoisotopic (exact) mass is 411 g/mol. The van der Waals surface area contributed by atoms with Crippen LogP contribution in [0.15, 0.2) is 18.3 Å². The second-order valence-corrected chi connectivity index (χ2v) is 7.21. The number of rotatable bonds is 7. The van der Waals surface area contributed by atoms with Gasteiger partial charge in [0.1, 0.15) is 5.65 Å². The summed E-state index contributed by atoms with van der Waals surface area (Å²) in [6.07, 6.45) is 6.17. The molecule has 6 nitrogen and oxygen atoms in total. The molecule has 0 spiro atoms.